The van der Waals surface area contributed by atoms with E-state index in [2.05, 4.69) is 4.98 Å². The molecular formula is C24H21F2N3O4. The van der Waals surface area contributed by atoms with Crippen LogP contribution in [0.15, 0.2) is 66.8 Å². The number of aliphatic hydroxyl groups is 1. The zero-order valence-electron chi connectivity index (χ0n) is 17.7. The molecule has 1 fully saturated rings. The maximum atomic E-state index is 13.9. The Morgan fingerprint density at radius 2 is 1.82 bits per heavy atom. The van der Waals surface area contributed by atoms with Crippen LogP contribution in [-0.4, -0.2) is 44.9 Å². The molecule has 0 unspecified atom stereocenters. The zero-order valence-corrected chi connectivity index (χ0v) is 17.7. The molecule has 2 heterocycles. The Hall–Kier alpha value is -4.01. The second-order valence-corrected chi connectivity index (χ2v) is 7.54. The van der Waals surface area contributed by atoms with Crippen LogP contribution in [0.25, 0.3) is 5.76 Å². The highest BCUT2D eigenvalue weighted by Crippen LogP contribution is 2.41. The van der Waals surface area contributed by atoms with E-state index in [-0.39, 0.29) is 23.4 Å². The van der Waals surface area contributed by atoms with E-state index < -0.39 is 35.1 Å². The second kappa shape index (κ2) is 9.23. The third kappa shape index (κ3) is 4.34. The van der Waals surface area contributed by atoms with Gasteiger partial charge in [0.15, 0.2) is 0 Å². The maximum Gasteiger partial charge on any atom is 0.295 e. The van der Waals surface area contributed by atoms with Gasteiger partial charge in [0.1, 0.15) is 23.1 Å². The molecule has 7 nitrogen and oxygen atoms in total. The minimum Gasteiger partial charge on any atom is -0.507 e. The maximum absolute atomic E-state index is 13.9. The van der Waals surface area contributed by atoms with Crippen LogP contribution in [0, 0.1) is 11.6 Å². The zero-order chi connectivity index (χ0) is 23.5. The highest BCUT2D eigenvalue weighted by molar-refractivity contribution is 6.46. The molecule has 0 aliphatic carbocycles. The van der Waals surface area contributed by atoms with Gasteiger partial charge in [0.2, 0.25) is 0 Å². The summed E-state index contributed by atoms with van der Waals surface area (Å²) in [6.07, 6.45) is 5.56. The fraction of sp³-hybridized carbons (Fsp3) is 0.208. The fourth-order valence-electron chi connectivity index (χ4n) is 3.96. The van der Waals surface area contributed by atoms with E-state index >= 15 is 0 Å². The number of hydrogen-bond donors (Lipinski definition) is 1. The topological polar surface area (TPSA) is 84.7 Å². The molecule has 1 N–H and O–H groups in total. The minimum absolute atomic E-state index is 0.0546. The quantitative estimate of drug-likeness (QED) is 0.335. The van der Waals surface area contributed by atoms with Crippen molar-refractivity contribution in [1.82, 2.24) is 14.5 Å². The lowest BCUT2D eigenvalue weighted by atomic mass is 9.95. The van der Waals surface area contributed by atoms with E-state index in [0.29, 0.717) is 18.5 Å². The summed E-state index contributed by atoms with van der Waals surface area (Å²) >= 11 is 0. The highest BCUT2D eigenvalue weighted by atomic mass is 19.1. The van der Waals surface area contributed by atoms with Crippen molar-refractivity contribution in [2.24, 2.45) is 0 Å². The van der Waals surface area contributed by atoms with Crippen LogP contribution in [0.4, 0.5) is 8.78 Å². The van der Waals surface area contributed by atoms with E-state index in [9.17, 15) is 23.5 Å². The van der Waals surface area contributed by atoms with E-state index in [1.165, 1.54) is 42.3 Å². The smallest absolute Gasteiger partial charge is 0.295 e. The van der Waals surface area contributed by atoms with Gasteiger partial charge in [0, 0.05) is 25.5 Å². The number of benzene rings is 2. The average Bonchev–Trinajstić information content (AvgIpc) is 3.41. The molecule has 4 rings (SSSR count). The summed E-state index contributed by atoms with van der Waals surface area (Å²) in [4.78, 5) is 31.3. The first-order chi connectivity index (χ1) is 15.9. The molecule has 9 heteroatoms. The first kappa shape index (κ1) is 22.2. The molecule has 1 atom stereocenters. The number of Topliss-reactive ketones (excluding diaryl/α,β-unsaturated/α-hetero) is 1. The monoisotopic (exact) mass is 453 g/mol. The third-order valence-corrected chi connectivity index (χ3v) is 5.52. The molecule has 1 aliphatic heterocycles. The lowest BCUT2D eigenvalue weighted by Crippen LogP contribution is -2.31. The van der Waals surface area contributed by atoms with E-state index in [1.54, 1.807) is 18.7 Å². The van der Waals surface area contributed by atoms with Gasteiger partial charge in [-0.2, -0.15) is 0 Å². The van der Waals surface area contributed by atoms with Gasteiger partial charge in [-0.15, -0.1) is 0 Å². The number of likely N-dealkylation sites (tertiary alicyclic amines) is 1. The predicted octanol–water partition coefficient (Wildman–Crippen LogP) is 3.68. The molecule has 1 aliphatic rings. The van der Waals surface area contributed by atoms with Crippen LogP contribution in [0.5, 0.6) is 5.75 Å². The first-order valence-electron chi connectivity index (χ1n) is 10.2. The summed E-state index contributed by atoms with van der Waals surface area (Å²) in [6, 6.07) is 7.85. The second-order valence-electron chi connectivity index (χ2n) is 7.54. The first-order valence-corrected chi connectivity index (χ1v) is 10.2. The number of halogens is 2. The lowest BCUT2D eigenvalue weighted by Gasteiger charge is -2.25. The van der Waals surface area contributed by atoms with Crippen molar-refractivity contribution in [3.63, 3.8) is 0 Å². The average molecular weight is 453 g/mol. The molecule has 0 bridgehead atoms. The molecule has 33 heavy (non-hydrogen) atoms. The molecule has 170 valence electrons. The molecule has 3 aromatic rings. The number of hydrogen-bond acceptors (Lipinski definition) is 5. The van der Waals surface area contributed by atoms with Crippen molar-refractivity contribution in [3.8, 4) is 5.75 Å². The summed E-state index contributed by atoms with van der Waals surface area (Å²) in [5.74, 6) is -3.26. The number of aryl methyl sites for hydroxylation is 1. The molecule has 0 spiro atoms. The van der Waals surface area contributed by atoms with Gasteiger partial charge in [0.25, 0.3) is 11.7 Å². The van der Waals surface area contributed by atoms with Gasteiger partial charge in [-0.05, 0) is 42.3 Å². The number of carbonyl (C=O) groups is 2. The number of amides is 1. The van der Waals surface area contributed by atoms with Crippen LogP contribution in [-0.2, 0) is 16.1 Å². The van der Waals surface area contributed by atoms with E-state index in [4.69, 9.17) is 4.74 Å². The number of nitrogens with zero attached hydrogens (tertiary/aromatic N) is 3. The Morgan fingerprint density at radius 3 is 2.48 bits per heavy atom. The van der Waals surface area contributed by atoms with Crippen LogP contribution < -0.4 is 4.74 Å². The molecule has 0 radical (unpaired) electrons. The van der Waals surface area contributed by atoms with Gasteiger partial charge >= 0.3 is 0 Å². The molecule has 0 saturated carbocycles. The summed E-state index contributed by atoms with van der Waals surface area (Å²) in [5.41, 5.74) is 0.175. The molecular weight excluding hydrogens is 432 g/mol. The van der Waals surface area contributed by atoms with Gasteiger partial charge in [-0.3, -0.25) is 9.59 Å². The SMILES string of the molecule is COc1ccc(F)cc1C(O)=C1C(=O)C(=O)N(CCCn2ccnc2)[C@H]1c1ccc(F)cc1. The number of imidazole rings is 1. The molecule has 1 saturated heterocycles. The third-order valence-electron chi connectivity index (χ3n) is 5.52. The van der Waals surface area contributed by atoms with Crippen molar-refractivity contribution >= 4 is 17.4 Å². The summed E-state index contributed by atoms with van der Waals surface area (Å²) < 4.78 is 34.6. The number of ketones is 1. The number of carbonyl (C=O) groups excluding carboxylic acids is 2. The Labute approximate surface area is 188 Å². The van der Waals surface area contributed by atoms with E-state index in [1.807, 2.05) is 4.57 Å². The Bertz CT molecular complexity index is 1210. The number of ether oxygens (including phenoxy) is 1. The number of rotatable bonds is 7. The standard InChI is InChI=1S/C24H21F2N3O4/c1-33-19-8-7-17(26)13-18(19)22(30)20-21(15-3-5-16(25)6-4-15)29(24(32)23(20)31)11-2-10-28-12-9-27-14-28/h3-9,12-14,21,30H,2,10-11H2,1H3/t21-/m0/s1. The van der Waals surface area contributed by atoms with Crippen LogP contribution >= 0.6 is 0 Å². The minimum atomic E-state index is -0.971. The fourth-order valence-corrected chi connectivity index (χ4v) is 3.96. The van der Waals surface area contributed by atoms with Gasteiger partial charge < -0.3 is 19.3 Å². The summed E-state index contributed by atoms with van der Waals surface area (Å²) in [6.45, 7) is 0.749. The molecule has 1 aromatic heterocycles. The largest absolute Gasteiger partial charge is 0.507 e. The summed E-state index contributed by atoms with van der Waals surface area (Å²) in [7, 11) is 1.34. The van der Waals surface area contributed by atoms with Crippen molar-refractivity contribution in [1.29, 1.82) is 0 Å². The normalized spacial score (nSPS) is 17.5. The summed E-state index contributed by atoms with van der Waals surface area (Å²) in [5, 5.41) is 11.1. The van der Waals surface area contributed by atoms with Crippen molar-refractivity contribution < 1.29 is 28.2 Å². The van der Waals surface area contributed by atoms with Crippen LogP contribution in [0.2, 0.25) is 0 Å². The Morgan fingerprint density at radius 1 is 1.09 bits per heavy atom. The van der Waals surface area contributed by atoms with Crippen LogP contribution in [0.1, 0.15) is 23.6 Å². The highest BCUT2D eigenvalue weighted by Gasteiger charge is 2.46. The van der Waals surface area contributed by atoms with Crippen LogP contribution in [0.3, 0.4) is 0 Å². The van der Waals surface area contributed by atoms with Gasteiger partial charge in [-0.25, -0.2) is 13.8 Å². The predicted molar refractivity (Wildman–Crippen MR) is 115 cm³/mol. The number of methoxy groups -OCH3 is 1. The van der Waals surface area contributed by atoms with Crippen molar-refractivity contribution in [3.05, 3.63) is 89.5 Å². The Balaban J connectivity index is 1.78. The van der Waals surface area contributed by atoms with Crippen molar-refractivity contribution in [2.45, 2.75) is 19.0 Å². The Kier molecular flexibility index (Phi) is 6.21. The number of aliphatic hydroxyl groups excluding tert-OH is 1. The van der Waals surface area contributed by atoms with Gasteiger partial charge in [0.05, 0.1) is 30.6 Å². The van der Waals surface area contributed by atoms with Crippen molar-refractivity contribution in [2.75, 3.05) is 13.7 Å². The molecule has 1 amide bonds. The lowest BCUT2D eigenvalue weighted by molar-refractivity contribution is -0.139. The molecule has 2 aromatic carbocycles. The number of aromatic nitrogens is 2. The van der Waals surface area contributed by atoms with Gasteiger partial charge in [-0.1, -0.05) is 12.1 Å². The van der Waals surface area contributed by atoms with E-state index in [0.717, 1.165) is 12.1 Å².